The Morgan fingerprint density at radius 1 is 1.10 bits per heavy atom. The van der Waals surface area contributed by atoms with Gasteiger partial charge in [0, 0.05) is 31.7 Å². The van der Waals surface area contributed by atoms with Crippen molar-refractivity contribution in [1.29, 1.82) is 0 Å². The van der Waals surface area contributed by atoms with Gasteiger partial charge in [0.1, 0.15) is 0 Å². The van der Waals surface area contributed by atoms with Crippen molar-refractivity contribution in [2.75, 3.05) is 18.0 Å². The first-order valence-corrected chi connectivity index (χ1v) is 7.17. The van der Waals surface area contributed by atoms with Gasteiger partial charge < -0.3 is 10.6 Å². The molecule has 4 nitrogen and oxygen atoms in total. The van der Waals surface area contributed by atoms with Gasteiger partial charge >= 0.3 is 0 Å². The van der Waals surface area contributed by atoms with Crippen molar-refractivity contribution >= 4 is 5.95 Å². The summed E-state index contributed by atoms with van der Waals surface area (Å²) in [5, 5.41) is 0. The number of piperidine rings is 1. The summed E-state index contributed by atoms with van der Waals surface area (Å²) in [6.45, 7) is 1.91. The van der Waals surface area contributed by atoms with E-state index >= 15 is 0 Å². The molecule has 104 valence electrons. The van der Waals surface area contributed by atoms with Crippen LogP contribution in [0.3, 0.4) is 0 Å². The highest BCUT2D eigenvalue weighted by Gasteiger charge is 2.18. The van der Waals surface area contributed by atoms with E-state index in [4.69, 9.17) is 10.7 Å². The lowest BCUT2D eigenvalue weighted by Crippen LogP contribution is -2.40. The summed E-state index contributed by atoms with van der Waals surface area (Å²) >= 11 is 0. The zero-order valence-corrected chi connectivity index (χ0v) is 11.6. The average Bonchev–Trinajstić information content (AvgIpc) is 2.49. The van der Waals surface area contributed by atoms with Crippen LogP contribution in [0.4, 0.5) is 5.95 Å². The lowest BCUT2D eigenvalue weighted by Gasteiger charge is -2.30. The molecule has 2 aromatic rings. The van der Waals surface area contributed by atoms with Gasteiger partial charge in [0.2, 0.25) is 5.95 Å². The Hall–Kier alpha value is -1.94. The summed E-state index contributed by atoms with van der Waals surface area (Å²) in [7, 11) is 0. The minimum atomic E-state index is 0.332. The van der Waals surface area contributed by atoms with Crippen LogP contribution in [0.15, 0.2) is 42.6 Å². The first-order valence-electron chi connectivity index (χ1n) is 7.17. The molecule has 0 saturated carbocycles. The van der Waals surface area contributed by atoms with Crippen LogP contribution in [-0.2, 0) is 6.42 Å². The van der Waals surface area contributed by atoms with E-state index in [-0.39, 0.29) is 0 Å². The third kappa shape index (κ3) is 3.14. The van der Waals surface area contributed by atoms with E-state index in [1.54, 1.807) is 0 Å². The molecule has 3 rings (SSSR count). The molecule has 1 aromatic carbocycles. The quantitative estimate of drug-likeness (QED) is 0.925. The number of anilines is 1. The average molecular weight is 268 g/mol. The lowest BCUT2D eigenvalue weighted by molar-refractivity contribution is 0.495. The van der Waals surface area contributed by atoms with E-state index in [1.807, 2.05) is 18.3 Å². The largest absolute Gasteiger partial charge is 0.341 e. The molecule has 0 aliphatic carbocycles. The molecule has 1 fully saturated rings. The van der Waals surface area contributed by atoms with Gasteiger partial charge in [-0.3, -0.25) is 0 Å². The lowest BCUT2D eigenvalue weighted by atomic mass is 10.1. The maximum atomic E-state index is 5.94. The Bertz CT molecular complexity index is 547. The van der Waals surface area contributed by atoms with Crippen LogP contribution in [-0.4, -0.2) is 29.1 Å². The molecule has 0 amide bonds. The summed E-state index contributed by atoms with van der Waals surface area (Å²) in [6.07, 6.45) is 4.75. The third-order valence-electron chi connectivity index (χ3n) is 3.75. The van der Waals surface area contributed by atoms with Gasteiger partial charge in [-0.15, -0.1) is 0 Å². The maximum Gasteiger partial charge on any atom is 0.225 e. The molecule has 1 aliphatic heterocycles. The fourth-order valence-corrected chi connectivity index (χ4v) is 2.54. The zero-order valence-electron chi connectivity index (χ0n) is 11.6. The summed E-state index contributed by atoms with van der Waals surface area (Å²) < 4.78 is 0. The van der Waals surface area contributed by atoms with E-state index in [0.29, 0.717) is 6.04 Å². The molecule has 0 radical (unpaired) electrons. The zero-order chi connectivity index (χ0) is 13.8. The molecule has 1 aliphatic rings. The highest BCUT2D eigenvalue weighted by atomic mass is 15.3. The molecule has 0 atom stereocenters. The van der Waals surface area contributed by atoms with Gasteiger partial charge in [-0.25, -0.2) is 9.97 Å². The van der Waals surface area contributed by atoms with Gasteiger partial charge in [0.15, 0.2) is 0 Å². The van der Waals surface area contributed by atoms with Gasteiger partial charge in [-0.1, -0.05) is 30.3 Å². The van der Waals surface area contributed by atoms with Crippen LogP contribution in [0.25, 0.3) is 0 Å². The molecule has 0 unspecified atom stereocenters. The molecule has 0 bridgehead atoms. The number of hydrogen-bond donors (Lipinski definition) is 1. The molecule has 4 heteroatoms. The summed E-state index contributed by atoms with van der Waals surface area (Å²) in [4.78, 5) is 11.3. The maximum absolute atomic E-state index is 5.94. The number of rotatable bonds is 3. The number of nitrogens with zero attached hydrogens (tertiary/aromatic N) is 3. The number of nitrogens with two attached hydrogens (primary N) is 1. The van der Waals surface area contributed by atoms with Crippen molar-refractivity contribution < 1.29 is 0 Å². The number of hydrogen-bond acceptors (Lipinski definition) is 4. The molecular weight excluding hydrogens is 248 g/mol. The minimum Gasteiger partial charge on any atom is -0.341 e. The third-order valence-corrected chi connectivity index (χ3v) is 3.75. The molecule has 2 heterocycles. The highest BCUT2D eigenvalue weighted by Crippen LogP contribution is 2.16. The van der Waals surface area contributed by atoms with Gasteiger partial charge in [0.25, 0.3) is 0 Å². The summed E-state index contributed by atoms with van der Waals surface area (Å²) in [5.41, 5.74) is 8.28. The second-order valence-electron chi connectivity index (χ2n) is 5.33. The van der Waals surface area contributed by atoms with Crippen LogP contribution >= 0.6 is 0 Å². The molecule has 1 aromatic heterocycles. The number of benzene rings is 1. The SMILES string of the molecule is NC1CCN(c2nccc(Cc3ccccc3)n2)CC1. The van der Waals surface area contributed by atoms with Crippen molar-refractivity contribution in [3.05, 3.63) is 53.9 Å². The highest BCUT2D eigenvalue weighted by molar-refractivity contribution is 5.32. The van der Waals surface area contributed by atoms with E-state index in [2.05, 4.69) is 34.1 Å². The number of aromatic nitrogens is 2. The predicted molar refractivity (Wildman–Crippen MR) is 80.7 cm³/mol. The Kier molecular flexibility index (Phi) is 3.92. The second-order valence-corrected chi connectivity index (χ2v) is 5.33. The Balaban J connectivity index is 1.73. The molecule has 1 saturated heterocycles. The van der Waals surface area contributed by atoms with E-state index in [9.17, 15) is 0 Å². The minimum absolute atomic E-state index is 0.332. The summed E-state index contributed by atoms with van der Waals surface area (Å²) in [5.74, 6) is 0.838. The van der Waals surface area contributed by atoms with Crippen LogP contribution in [0.2, 0.25) is 0 Å². The standard InChI is InChI=1S/C16H20N4/c17-14-7-10-20(11-8-14)16-18-9-6-15(19-16)12-13-4-2-1-3-5-13/h1-6,9,14H,7-8,10-12,17H2. The Morgan fingerprint density at radius 3 is 2.60 bits per heavy atom. The van der Waals surface area contributed by atoms with Crippen LogP contribution < -0.4 is 10.6 Å². The smallest absolute Gasteiger partial charge is 0.225 e. The second kappa shape index (κ2) is 6.01. The first-order chi connectivity index (χ1) is 9.81. The van der Waals surface area contributed by atoms with Crippen molar-refractivity contribution in [3.63, 3.8) is 0 Å². The first kappa shape index (κ1) is 13.1. The van der Waals surface area contributed by atoms with Gasteiger partial charge in [-0.2, -0.15) is 0 Å². The van der Waals surface area contributed by atoms with Crippen molar-refractivity contribution in [2.24, 2.45) is 5.73 Å². The molecular formula is C16H20N4. The predicted octanol–water partition coefficient (Wildman–Crippen LogP) is 1.99. The summed E-state index contributed by atoms with van der Waals surface area (Å²) in [6, 6.07) is 12.7. The van der Waals surface area contributed by atoms with Crippen LogP contribution in [0.1, 0.15) is 24.1 Å². The van der Waals surface area contributed by atoms with E-state index in [1.165, 1.54) is 5.56 Å². The Morgan fingerprint density at radius 2 is 1.85 bits per heavy atom. The van der Waals surface area contributed by atoms with Crippen LogP contribution in [0.5, 0.6) is 0 Å². The van der Waals surface area contributed by atoms with Crippen molar-refractivity contribution in [2.45, 2.75) is 25.3 Å². The Labute approximate surface area is 119 Å². The van der Waals surface area contributed by atoms with E-state index < -0.39 is 0 Å². The topological polar surface area (TPSA) is 55.0 Å². The normalized spacial score (nSPS) is 16.4. The fourth-order valence-electron chi connectivity index (χ4n) is 2.54. The van der Waals surface area contributed by atoms with Gasteiger partial charge in [-0.05, 0) is 24.5 Å². The molecule has 20 heavy (non-hydrogen) atoms. The molecule has 0 spiro atoms. The van der Waals surface area contributed by atoms with Crippen LogP contribution in [0, 0.1) is 0 Å². The van der Waals surface area contributed by atoms with Crippen molar-refractivity contribution in [3.8, 4) is 0 Å². The van der Waals surface area contributed by atoms with E-state index in [0.717, 1.165) is 44.0 Å². The van der Waals surface area contributed by atoms with Gasteiger partial charge in [0.05, 0.1) is 5.69 Å². The molecule has 2 N–H and O–H groups in total. The van der Waals surface area contributed by atoms with Crippen molar-refractivity contribution in [1.82, 2.24) is 9.97 Å². The fraction of sp³-hybridized carbons (Fsp3) is 0.375. The monoisotopic (exact) mass is 268 g/mol.